The molecule has 2 heterocycles. The first-order valence-corrected chi connectivity index (χ1v) is 10.9. The van der Waals surface area contributed by atoms with Gasteiger partial charge in [-0.2, -0.15) is 0 Å². The van der Waals surface area contributed by atoms with Gasteiger partial charge in [-0.3, -0.25) is 19.0 Å². The molecule has 156 valence electrons. The van der Waals surface area contributed by atoms with Crippen molar-refractivity contribution in [2.75, 3.05) is 12.9 Å². The molecule has 1 aromatic carbocycles. The van der Waals surface area contributed by atoms with E-state index in [2.05, 4.69) is 18.8 Å². The normalized spacial score (nSPS) is 19.3. The number of para-hydroxylation sites is 1. The first kappa shape index (κ1) is 21.4. The van der Waals surface area contributed by atoms with E-state index in [9.17, 15) is 14.4 Å². The van der Waals surface area contributed by atoms with Crippen LogP contribution in [0.25, 0.3) is 10.9 Å². The molecule has 1 aliphatic rings. The fourth-order valence-corrected chi connectivity index (χ4v) is 4.77. The Hall–Kier alpha value is -2.35. The summed E-state index contributed by atoms with van der Waals surface area (Å²) in [5.41, 5.74) is 0.371. The predicted molar refractivity (Wildman–Crippen MR) is 113 cm³/mol. The average molecular weight is 418 g/mol. The number of carbonyl (C=O) groups is 2. The molecule has 0 bridgehead atoms. The summed E-state index contributed by atoms with van der Waals surface area (Å²) in [6, 6.07) is 7.55. The number of rotatable bonds is 6. The van der Waals surface area contributed by atoms with Gasteiger partial charge in [0, 0.05) is 18.6 Å². The van der Waals surface area contributed by atoms with Gasteiger partial charge in [-0.25, -0.2) is 4.98 Å². The van der Waals surface area contributed by atoms with Crippen LogP contribution in [0.15, 0.2) is 34.2 Å². The molecule has 1 amide bonds. The zero-order chi connectivity index (χ0) is 21.0. The van der Waals surface area contributed by atoms with Crippen LogP contribution in [-0.2, 0) is 20.9 Å². The number of benzene rings is 1. The monoisotopic (exact) mass is 417 g/mol. The molecule has 1 fully saturated rings. The molecule has 0 aliphatic carbocycles. The van der Waals surface area contributed by atoms with Crippen LogP contribution in [0, 0.1) is 0 Å². The minimum atomic E-state index is -0.395. The third-order valence-electron chi connectivity index (χ3n) is 5.40. The van der Waals surface area contributed by atoms with Gasteiger partial charge in [0.05, 0.1) is 30.2 Å². The Morgan fingerprint density at radius 3 is 2.59 bits per heavy atom. The Kier molecular flexibility index (Phi) is 6.95. The van der Waals surface area contributed by atoms with E-state index in [4.69, 9.17) is 4.74 Å². The van der Waals surface area contributed by atoms with E-state index in [1.54, 1.807) is 18.2 Å². The summed E-state index contributed by atoms with van der Waals surface area (Å²) >= 11 is 1.25. The van der Waals surface area contributed by atoms with Crippen molar-refractivity contribution in [1.29, 1.82) is 0 Å². The second kappa shape index (κ2) is 9.43. The number of likely N-dealkylation sites (tertiary alicyclic amines) is 1. The van der Waals surface area contributed by atoms with Gasteiger partial charge in [-0.15, -0.1) is 0 Å². The predicted octanol–water partition coefficient (Wildman–Crippen LogP) is 2.84. The van der Waals surface area contributed by atoms with Crippen LogP contribution in [0.3, 0.4) is 0 Å². The number of ether oxygens (including phenoxy) is 1. The lowest BCUT2D eigenvalue weighted by molar-refractivity contribution is -0.141. The van der Waals surface area contributed by atoms with Crippen molar-refractivity contribution in [3.05, 3.63) is 34.6 Å². The molecule has 0 spiro atoms. The number of esters is 1. The van der Waals surface area contributed by atoms with Crippen LogP contribution in [0.1, 0.15) is 39.5 Å². The average Bonchev–Trinajstić information content (AvgIpc) is 2.71. The fraction of sp³-hybridized carbons (Fsp3) is 0.524. The van der Waals surface area contributed by atoms with Gasteiger partial charge in [0.15, 0.2) is 5.16 Å². The van der Waals surface area contributed by atoms with E-state index in [0.717, 1.165) is 19.3 Å². The van der Waals surface area contributed by atoms with E-state index in [0.29, 0.717) is 16.1 Å². The van der Waals surface area contributed by atoms with Crippen molar-refractivity contribution in [1.82, 2.24) is 14.5 Å². The van der Waals surface area contributed by atoms with Crippen LogP contribution >= 0.6 is 11.8 Å². The molecule has 7 nitrogen and oxygen atoms in total. The summed E-state index contributed by atoms with van der Waals surface area (Å²) in [5, 5.41) is 0.939. The third-order valence-corrected chi connectivity index (χ3v) is 6.36. The number of methoxy groups -OCH3 is 1. The van der Waals surface area contributed by atoms with E-state index >= 15 is 0 Å². The van der Waals surface area contributed by atoms with Gasteiger partial charge in [0.2, 0.25) is 5.91 Å². The molecule has 3 rings (SSSR count). The molecule has 0 radical (unpaired) electrons. The van der Waals surface area contributed by atoms with Crippen molar-refractivity contribution in [2.24, 2.45) is 0 Å². The van der Waals surface area contributed by atoms with Gasteiger partial charge in [0.1, 0.15) is 0 Å². The van der Waals surface area contributed by atoms with Gasteiger partial charge < -0.3 is 9.64 Å². The van der Waals surface area contributed by atoms with Gasteiger partial charge >= 0.3 is 5.97 Å². The molecule has 1 aliphatic heterocycles. The summed E-state index contributed by atoms with van der Waals surface area (Å²) in [6.45, 7) is 4.33. The van der Waals surface area contributed by atoms with Crippen LogP contribution in [0.2, 0.25) is 0 Å². The van der Waals surface area contributed by atoms with E-state index in [1.165, 1.54) is 23.4 Å². The van der Waals surface area contributed by atoms with Crippen molar-refractivity contribution in [2.45, 2.75) is 63.3 Å². The molecule has 2 atom stereocenters. The molecular formula is C21H27N3O4S. The fourth-order valence-electron chi connectivity index (χ4n) is 3.87. The molecular weight excluding hydrogens is 390 g/mol. The summed E-state index contributed by atoms with van der Waals surface area (Å²) in [5.74, 6) is -0.137. The van der Waals surface area contributed by atoms with Crippen molar-refractivity contribution in [3.8, 4) is 0 Å². The zero-order valence-electron chi connectivity index (χ0n) is 17.1. The second-order valence-electron chi connectivity index (χ2n) is 7.41. The molecule has 0 N–H and O–H groups in total. The maximum atomic E-state index is 13.0. The largest absolute Gasteiger partial charge is 0.469 e. The quantitative estimate of drug-likeness (QED) is 0.408. The van der Waals surface area contributed by atoms with Crippen LogP contribution in [-0.4, -0.2) is 51.3 Å². The summed E-state index contributed by atoms with van der Waals surface area (Å²) < 4.78 is 6.17. The lowest BCUT2D eigenvalue weighted by Gasteiger charge is -2.39. The summed E-state index contributed by atoms with van der Waals surface area (Å²) in [6.07, 6.45) is 3.23. The van der Waals surface area contributed by atoms with Crippen molar-refractivity contribution >= 4 is 34.5 Å². The Bertz CT molecular complexity index is 949. The highest BCUT2D eigenvalue weighted by atomic mass is 32.2. The molecule has 0 unspecified atom stereocenters. The first-order chi connectivity index (χ1) is 13.9. The number of hydrogen-bond acceptors (Lipinski definition) is 6. The van der Waals surface area contributed by atoms with Gasteiger partial charge in [-0.05, 0) is 45.2 Å². The van der Waals surface area contributed by atoms with Gasteiger partial charge in [-0.1, -0.05) is 23.9 Å². The van der Waals surface area contributed by atoms with Crippen LogP contribution in [0.5, 0.6) is 0 Å². The topological polar surface area (TPSA) is 81.5 Å². The Balaban J connectivity index is 1.85. The third kappa shape index (κ3) is 4.80. The van der Waals surface area contributed by atoms with Crippen LogP contribution in [0.4, 0.5) is 0 Å². The molecule has 8 heteroatoms. The van der Waals surface area contributed by atoms with E-state index < -0.39 is 5.97 Å². The maximum Gasteiger partial charge on any atom is 0.307 e. The number of aromatic nitrogens is 2. The minimum Gasteiger partial charge on any atom is -0.469 e. The maximum absolute atomic E-state index is 13.0. The number of carbonyl (C=O) groups excluding carboxylic acids is 2. The second-order valence-corrected chi connectivity index (χ2v) is 8.36. The SMILES string of the molecule is COC(=O)CCn1c(SCC(=O)N2[C@H](C)CCC[C@@H]2C)nc2ccccc2c1=O. The zero-order valence-corrected chi connectivity index (χ0v) is 17.9. The number of hydrogen-bond donors (Lipinski definition) is 0. The lowest BCUT2D eigenvalue weighted by atomic mass is 9.98. The van der Waals surface area contributed by atoms with Crippen molar-refractivity contribution < 1.29 is 14.3 Å². The smallest absolute Gasteiger partial charge is 0.307 e. The van der Waals surface area contributed by atoms with E-state index in [1.807, 2.05) is 11.0 Å². The highest BCUT2D eigenvalue weighted by Gasteiger charge is 2.29. The number of piperidine rings is 1. The standard InChI is InChI=1S/C21H27N3O4S/c1-14-7-6-8-15(2)24(14)18(25)13-29-21-22-17-10-5-4-9-16(17)20(27)23(21)12-11-19(26)28-3/h4-5,9-10,14-15H,6-8,11-13H2,1-3H3/t14-,15+. The lowest BCUT2D eigenvalue weighted by Crippen LogP contribution is -2.48. The van der Waals surface area contributed by atoms with Gasteiger partial charge in [0.25, 0.3) is 5.56 Å². The highest BCUT2D eigenvalue weighted by molar-refractivity contribution is 7.99. The van der Waals surface area contributed by atoms with Crippen LogP contribution < -0.4 is 5.56 Å². The molecule has 0 saturated carbocycles. The minimum absolute atomic E-state index is 0.0524. The van der Waals surface area contributed by atoms with E-state index in [-0.39, 0.29) is 42.3 Å². The number of fused-ring (bicyclic) bond motifs is 1. The molecule has 29 heavy (non-hydrogen) atoms. The Labute approximate surface area is 174 Å². The number of amides is 1. The molecule has 1 saturated heterocycles. The Morgan fingerprint density at radius 2 is 1.90 bits per heavy atom. The Morgan fingerprint density at radius 1 is 1.21 bits per heavy atom. The first-order valence-electron chi connectivity index (χ1n) is 9.92. The van der Waals surface area contributed by atoms with Crippen molar-refractivity contribution in [3.63, 3.8) is 0 Å². The summed E-state index contributed by atoms with van der Waals surface area (Å²) in [7, 11) is 1.32. The molecule has 1 aromatic heterocycles. The number of nitrogens with zero attached hydrogens (tertiary/aromatic N) is 3. The number of thioether (sulfide) groups is 1. The highest BCUT2D eigenvalue weighted by Crippen LogP contribution is 2.25. The molecule has 2 aromatic rings. The summed E-state index contributed by atoms with van der Waals surface area (Å²) in [4.78, 5) is 44.0.